The van der Waals surface area contributed by atoms with Gasteiger partial charge in [0.05, 0.1) is 24.3 Å². The molecular weight excluding hydrogens is 278 g/mol. The van der Waals surface area contributed by atoms with E-state index in [1.54, 1.807) is 12.4 Å². The first kappa shape index (κ1) is 15.1. The molecule has 0 amide bonds. The van der Waals surface area contributed by atoms with Crippen molar-refractivity contribution in [2.75, 3.05) is 44.3 Å². The molecule has 2 heterocycles. The van der Waals surface area contributed by atoms with Crippen molar-refractivity contribution in [2.24, 2.45) is 0 Å². The maximum absolute atomic E-state index is 11.4. The van der Waals surface area contributed by atoms with Crippen LogP contribution in [0.4, 0.5) is 5.82 Å². The maximum Gasteiger partial charge on any atom is 0.211 e. The van der Waals surface area contributed by atoms with Crippen LogP contribution in [-0.2, 0) is 16.6 Å². The Morgan fingerprint density at radius 3 is 2.40 bits per heavy atom. The first-order valence-corrected chi connectivity index (χ1v) is 8.56. The maximum atomic E-state index is 11.4. The lowest BCUT2D eigenvalue weighted by atomic mass is 10.3. The molecule has 1 aromatic heterocycles. The zero-order chi connectivity index (χ0) is 14.6. The van der Waals surface area contributed by atoms with Crippen LogP contribution in [0.3, 0.4) is 0 Å². The van der Waals surface area contributed by atoms with E-state index in [-0.39, 0.29) is 0 Å². The normalized spacial score (nSPS) is 18.1. The number of sulfonamides is 1. The van der Waals surface area contributed by atoms with Gasteiger partial charge in [0.15, 0.2) is 0 Å². The summed E-state index contributed by atoms with van der Waals surface area (Å²) >= 11 is 0. The van der Waals surface area contributed by atoms with E-state index in [1.165, 1.54) is 10.6 Å². The summed E-state index contributed by atoms with van der Waals surface area (Å²) in [5.74, 6) is 0.776. The van der Waals surface area contributed by atoms with Crippen molar-refractivity contribution in [1.29, 1.82) is 0 Å². The molecule has 112 valence electrons. The van der Waals surface area contributed by atoms with E-state index in [4.69, 9.17) is 0 Å². The van der Waals surface area contributed by atoms with Crippen LogP contribution in [0, 0.1) is 0 Å². The van der Waals surface area contributed by atoms with Crippen LogP contribution in [-0.4, -0.2) is 66.6 Å². The van der Waals surface area contributed by atoms with E-state index in [0.717, 1.165) is 31.1 Å². The van der Waals surface area contributed by atoms with E-state index in [0.29, 0.717) is 19.6 Å². The largest absolute Gasteiger partial charge is 0.369 e. The fraction of sp³-hybridized carbons (Fsp3) is 0.667. The van der Waals surface area contributed by atoms with Crippen molar-refractivity contribution in [3.8, 4) is 0 Å². The molecule has 0 saturated carbocycles. The molecule has 7 nitrogen and oxygen atoms in total. The van der Waals surface area contributed by atoms with E-state index in [9.17, 15) is 8.42 Å². The summed E-state index contributed by atoms with van der Waals surface area (Å²) in [6.45, 7) is 6.08. The number of nitrogens with one attached hydrogen (secondary N) is 1. The van der Waals surface area contributed by atoms with Crippen LogP contribution in [0.5, 0.6) is 0 Å². The molecule has 1 aromatic rings. The lowest BCUT2D eigenvalue weighted by Crippen LogP contribution is -2.47. The molecule has 0 aliphatic carbocycles. The molecule has 1 fully saturated rings. The number of anilines is 1. The topological polar surface area (TPSA) is 78.4 Å². The van der Waals surface area contributed by atoms with Gasteiger partial charge < -0.3 is 5.32 Å². The van der Waals surface area contributed by atoms with Crippen LogP contribution in [0.15, 0.2) is 12.4 Å². The number of piperazine rings is 1. The molecular formula is C12H21N5O2S. The quantitative estimate of drug-likeness (QED) is 0.823. The average molecular weight is 299 g/mol. The van der Waals surface area contributed by atoms with Gasteiger partial charge in [0.25, 0.3) is 0 Å². The smallest absolute Gasteiger partial charge is 0.211 e. The van der Waals surface area contributed by atoms with Gasteiger partial charge >= 0.3 is 0 Å². The molecule has 1 aliphatic rings. The predicted octanol–water partition coefficient (Wildman–Crippen LogP) is -0.0144. The van der Waals surface area contributed by atoms with Gasteiger partial charge in [0.1, 0.15) is 5.82 Å². The molecule has 1 N–H and O–H groups in total. The van der Waals surface area contributed by atoms with Gasteiger partial charge in [0, 0.05) is 39.3 Å². The number of aromatic nitrogens is 2. The Hall–Kier alpha value is -1.25. The summed E-state index contributed by atoms with van der Waals surface area (Å²) in [5.41, 5.74) is 0.902. The van der Waals surface area contributed by atoms with Crippen molar-refractivity contribution < 1.29 is 8.42 Å². The summed E-state index contributed by atoms with van der Waals surface area (Å²) < 4.78 is 24.4. The van der Waals surface area contributed by atoms with Crippen molar-refractivity contribution in [1.82, 2.24) is 19.2 Å². The summed E-state index contributed by atoms with van der Waals surface area (Å²) in [5, 5.41) is 3.10. The highest BCUT2D eigenvalue weighted by atomic mass is 32.2. The van der Waals surface area contributed by atoms with Crippen LogP contribution >= 0.6 is 0 Å². The zero-order valence-electron chi connectivity index (χ0n) is 11.9. The standard InChI is InChI=1S/C12H21N5O2S/c1-3-13-12-9-14-11(8-15-12)10-16-4-6-17(7-5-16)20(2,18)19/h8-9H,3-7,10H2,1-2H3,(H,13,15). The van der Waals surface area contributed by atoms with Crippen molar-refractivity contribution >= 4 is 15.8 Å². The Balaban J connectivity index is 1.86. The van der Waals surface area contributed by atoms with Crippen LogP contribution < -0.4 is 5.32 Å². The lowest BCUT2D eigenvalue weighted by molar-refractivity contribution is 0.180. The molecule has 0 unspecified atom stereocenters. The second kappa shape index (κ2) is 6.47. The molecule has 0 bridgehead atoms. The Kier molecular flexibility index (Phi) is 4.90. The minimum atomic E-state index is -3.06. The molecule has 0 aromatic carbocycles. The molecule has 8 heteroatoms. The summed E-state index contributed by atoms with van der Waals surface area (Å²) in [7, 11) is -3.06. The van der Waals surface area contributed by atoms with Gasteiger partial charge in [-0.2, -0.15) is 4.31 Å². The molecule has 0 atom stereocenters. The van der Waals surface area contributed by atoms with Crippen LogP contribution in [0.1, 0.15) is 12.6 Å². The highest BCUT2D eigenvalue weighted by Gasteiger charge is 2.23. The summed E-state index contributed by atoms with van der Waals surface area (Å²) in [4.78, 5) is 10.8. The molecule has 20 heavy (non-hydrogen) atoms. The molecule has 2 rings (SSSR count). The Labute approximate surface area is 120 Å². The van der Waals surface area contributed by atoms with Crippen molar-refractivity contribution in [3.05, 3.63) is 18.1 Å². The third kappa shape index (κ3) is 4.12. The SMILES string of the molecule is CCNc1cnc(CN2CCN(S(C)(=O)=O)CC2)cn1. The fourth-order valence-corrected chi connectivity index (χ4v) is 2.98. The molecule has 0 radical (unpaired) electrons. The monoisotopic (exact) mass is 299 g/mol. The minimum Gasteiger partial charge on any atom is -0.369 e. The lowest BCUT2D eigenvalue weighted by Gasteiger charge is -2.32. The number of hydrogen-bond acceptors (Lipinski definition) is 6. The fourth-order valence-electron chi connectivity index (χ4n) is 2.16. The number of nitrogens with zero attached hydrogens (tertiary/aromatic N) is 4. The van der Waals surface area contributed by atoms with Crippen LogP contribution in [0.2, 0.25) is 0 Å². The first-order valence-electron chi connectivity index (χ1n) is 6.71. The van der Waals surface area contributed by atoms with Crippen molar-refractivity contribution in [2.45, 2.75) is 13.5 Å². The highest BCUT2D eigenvalue weighted by Crippen LogP contribution is 2.09. The summed E-state index contributed by atoms with van der Waals surface area (Å²) in [6.07, 6.45) is 4.75. The summed E-state index contributed by atoms with van der Waals surface area (Å²) in [6, 6.07) is 0. The predicted molar refractivity (Wildman–Crippen MR) is 77.9 cm³/mol. The zero-order valence-corrected chi connectivity index (χ0v) is 12.7. The average Bonchev–Trinajstić information content (AvgIpc) is 2.41. The van der Waals surface area contributed by atoms with E-state index >= 15 is 0 Å². The van der Waals surface area contributed by atoms with Gasteiger partial charge in [-0.3, -0.25) is 9.88 Å². The second-order valence-corrected chi connectivity index (χ2v) is 6.84. The second-order valence-electron chi connectivity index (χ2n) is 4.86. The van der Waals surface area contributed by atoms with Crippen molar-refractivity contribution in [3.63, 3.8) is 0 Å². The van der Waals surface area contributed by atoms with Gasteiger partial charge in [-0.15, -0.1) is 0 Å². The third-order valence-electron chi connectivity index (χ3n) is 3.25. The van der Waals surface area contributed by atoms with Gasteiger partial charge in [0.2, 0.25) is 10.0 Å². The van der Waals surface area contributed by atoms with E-state index in [2.05, 4.69) is 20.2 Å². The van der Waals surface area contributed by atoms with Gasteiger partial charge in [-0.1, -0.05) is 0 Å². The molecule has 1 saturated heterocycles. The van der Waals surface area contributed by atoms with Gasteiger partial charge in [-0.05, 0) is 6.92 Å². The number of rotatable bonds is 5. The number of hydrogen-bond donors (Lipinski definition) is 1. The van der Waals surface area contributed by atoms with Gasteiger partial charge in [-0.25, -0.2) is 13.4 Å². The van der Waals surface area contributed by atoms with Crippen LogP contribution in [0.25, 0.3) is 0 Å². The van der Waals surface area contributed by atoms with E-state index in [1.807, 2.05) is 6.92 Å². The Morgan fingerprint density at radius 2 is 1.90 bits per heavy atom. The Bertz CT molecular complexity index is 523. The molecule has 1 aliphatic heterocycles. The molecule has 0 spiro atoms. The Morgan fingerprint density at radius 1 is 1.20 bits per heavy atom. The highest BCUT2D eigenvalue weighted by molar-refractivity contribution is 7.88. The first-order chi connectivity index (χ1) is 9.49. The third-order valence-corrected chi connectivity index (χ3v) is 4.55. The minimum absolute atomic E-state index is 0.543. The van der Waals surface area contributed by atoms with E-state index < -0.39 is 10.0 Å².